The van der Waals surface area contributed by atoms with Gasteiger partial charge < -0.3 is 10.4 Å². The number of carbonyl (C=O) groups is 1. The van der Waals surface area contributed by atoms with Crippen molar-refractivity contribution in [3.63, 3.8) is 0 Å². The first-order valence-corrected chi connectivity index (χ1v) is 6.77. The van der Waals surface area contributed by atoms with Gasteiger partial charge in [0, 0.05) is 31.6 Å². The van der Waals surface area contributed by atoms with Gasteiger partial charge in [0.1, 0.15) is 0 Å². The van der Waals surface area contributed by atoms with E-state index >= 15 is 0 Å². The van der Waals surface area contributed by atoms with Crippen molar-refractivity contribution in [2.75, 3.05) is 32.4 Å². The summed E-state index contributed by atoms with van der Waals surface area (Å²) in [6, 6.07) is 0. The molecule has 2 N–H and O–H groups in total. The minimum absolute atomic E-state index is 0.309. The predicted octanol–water partition coefficient (Wildman–Crippen LogP) is -0.516. The number of carboxylic acid groups (broad SMARTS) is 1. The lowest BCUT2D eigenvalue weighted by molar-refractivity contribution is -0.192. The van der Waals surface area contributed by atoms with Crippen LogP contribution >= 0.6 is 0 Å². The molecular weight excluding hydrogens is 277 g/mol. The van der Waals surface area contributed by atoms with Gasteiger partial charge in [-0.1, -0.05) is 0 Å². The summed E-state index contributed by atoms with van der Waals surface area (Å²) >= 11 is 0. The Hall–Kier alpha value is -0.870. The molecular formula is C8H13F3N2O4S. The molecule has 18 heavy (non-hydrogen) atoms. The van der Waals surface area contributed by atoms with Crippen molar-refractivity contribution in [2.45, 2.75) is 6.18 Å². The molecule has 10 heteroatoms. The van der Waals surface area contributed by atoms with E-state index in [1.807, 2.05) is 0 Å². The lowest BCUT2D eigenvalue weighted by Crippen LogP contribution is -2.71. The third-order valence-electron chi connectivity index (χ3n) is 2.74. The predicted molar refractivity (Wildman–Crippen MR) is 55.4 cm³/mol. The molecule has 0 aromatic rings. The Morgan fingerprint density at radius 3 is 1.89 bits per heavy atom. The molecule has 0 atom stereocenters. The number of hydrogen-bond donors (Lipinski definition) is 2. The highest BCUT2D eigenvalue weighted by Gasteiger charge is 2.50. The molecule has 1 spiro atoms. The third-order valence-corrected chi connectivity index (χ3v) is 3.93. The molecule has 106 valence electrons. The number of carboxylic acids is 1. The number of sulfonamides is 1. The van der Waals surface area contributed by atoms with E-state index in [0.717, 1.165) is 26.2 Å². The summed E-state index contributed by atoms with van der Waals surface area (Å²) < 4.78 is 55.2. The monoisotopic (exact) mass is 290 g/mol. The summed E-state index contributed by atoms with van der Waals surface area (Å²) in [5.74, 6) is -2.76. The Kier molecular flexibility index (Phi) is 3.94. The van der Waals surface area contributed by atoms with Gasteiger partial charge in [-0.05, 0) is 0 Å². The first-order chi connectivity index (χ1) is 7.96. The molecule has 2 aliphatic rings. The van der Waals surface area contributed by atoms with Gasteiger partial charge in [0.15, 0.2) is 0 Å². The standard InChI is InChI=1S/C6H12N2O2S.C2HF3O2/c1-11(9,10)8-4-6(5-8)2-7-3-6;3-2(4,5)1(6)7/h7H,2-5H2,1H3;(H,6,7). The second kappa shape index (κ2) is 4.67. The van der Waals surface area contributed by atoms with E-state index < -0.39 is 22.2 Å². The van der Waals surface area contributed by atoms with Gasteiger partial charge >= 0.3 is 12.1 Å². The normalized spacial score (nSPS) is 22.4. The fraction of sp³-hybridized carbons (Fsp3) is 0.875. The summed E-state index contributed by atoms with van der Waals surface area (Å²) in [6.45, 7) is 3.41. The van der Waals surface area contributed by atoms with Crippen LogP contribution in [-0.4, -0.2) is 62.4 Å². The van der Waals surface area contributed by atoms with Crippen molar-refractivity contribution in [3.05, 3.63) is 0 Å². The van der Waals surface area contributed by atoms with E-state index in [1.165, 1.54) is 10.6 Å². The van der Waals surface area contributed by atoms with Crippen LogP contribution in [0.5, 0.6) is 0 Å². The molecule has 0 radical (unpaired) electrons. The average Bonchev–Trinajstić information content (AvgIpc) is 1.93. The van der Waals surface area contributed by atoms with Crippen molar-refractivity contribution in [2.24, 2.45) is 5.41 Å². The van der Waals surface area contributed by atoms with Gasteiger partial charge in [-0.15, -0.1) is 0 Å². The SMILES string of the molecule is CS(=O)(=O)N1CC2(CNC2)C1.O=C(O)C(F)(F)F. The summed E-state index contributed by atoms with van der Waals surface area (Å²) in [5, 5.41) is 10.3. The summed E-state index contributed by atoms with van der Waals surface area (Å²) in [6.07, 6.45) is -3.81. The molecule has 2 heterocycles. The first kappa shape index (κ1) is 15.2. The molecule has 0 aromatic heterocycles. The Balaban J connectivity index is 0.000000203. The highest BCUT2D eigenvalue weighted by Crippen LogP contribution is 2.35. The summed E-state index contributed by atoms with van der Waals surface area (Å²) in [4.78, 5) is 8.90. The van der Waals surface area contributed by atoms with Crippen LogP contribution in [0.3, 0.4) is 0 Å². The first-order valence-electron chi connectivity index (χ1n) is 4.92. The average molecular weight is 290 g/mol. The quantitative estimate of drug-likeness (QED) is 0.679. The molecule has 0 bridgehead atoms. The molecule has 0 unspecified atom stereocenters. The molecule has 0 aromatic carbocycles. The fourth-order valence-electron chi connectivity index (χ4n) is 1.64. The minimum Gasteiger partial charge on any atom is -0.475 e. The minimum atomic E-state index is -5.08. The van der Waals surface area contributed by atoms with Crippen molar-refractivity contribution < 1.29 is 31.5 Å². The highest BCUT2D eigenvalue weighted by atomic mass is 32.2. The second-order valence-electron chi connectivity index (χ2n) is 4.44. The molecule has 0 saturated carbocycles. The van der Waals surface area contributed by atoms with Crippen molar-refractivity contribution in [3.8, 4) is 0 Å². The molecule has 6 nitrogen and oxygen atoms in total. The van der Waals surface area contributed by atoms with Crippen LogP contribution in [0, 0.1) is 5.41 Å². The number of halogens is 3. The van der Waals surface area contributed by atoms with Crippen LogP contribution in [0.15, 0.2) is 0 Å². The van der Waals surface area contributed by atoms with E-state index in [4.69, 9.17) is 9.90 Å². The van der Waals surface area contributed by atoms with Crippen molar-refractivity contribution in [1.29, 1.82) is 0 Å². The number of rotatable bonds is 1. The number of alkyl halides is 3. The number of nitrogens with one attached hydrogen (secondary N) is 1. The van der Waals surface area contributed by atoms with Crippen LogP contribution in [0.1, 0.15) is 0 Å². The number of hydrogen-bond acceptors (Lipinski definition) is 4. The van der Waals surface area contributed by atoms with E-state index in [1.54, 1.807) is 0 Å². The third kappa shape index (κ3) is 3.56. The van der Waals surface area contributed by atoms with Crippen molar-refractivity contribution >= 4 is 16.0 Å². The molecule has 2 saturated heterocycles. The van der Waals surface area contributed by atoms with Gasteiger partial charge in [0.25, 0.3) is 0 Å². The lowest BCUT2D eigenvalue weighted by Gasteiger charge is -2.54. The summed E-state index contributed by atoms with van der Waals surface area (Å²) in [7, 11) is -2.91. The summed E-state index contributed by atoms with van der Waals surface area (Å²) in [5.41, 5.74) is 0.309. The van der Waals surface area contributed by atoms with Gasteiger partial charge in [0.2, 0.25) is 10.0 Å². The smallest absolute Gasteiger partial charge is 0.475 e. The zero-order valence-electron chi connectivity index (χ0n) is 9.49. The fourth-order valence-corrected chi connectivity index (χ4v) is 2.66. The molecule has 0 aliphatic carbocycles. The Morgan fingerprint density at radius 2 is 1.72 bits per heavy atom. The van der Waals surface area contributed by atoms with E-state index in [2.05, 4.69) is 5.32 Å². The maximum Gasteiger partial charge on any atom is 0.490 e. The number of nitrogens with zero attached hydrogens (tertiary/aromatic N) is 1. The van der Waals surface area contributed by atoms with Crippen LogP contribution in [0.2, 0.25) is 0 Å². The molecule has 2 aliphatic heterocycles. The Labute approximate surface area is 102 Å². The molecule has 2 fully saturated rings. The zero-order valence-corrected chi connectivity index (χ0v) is 10.3. The van der Waals surface area contributed by atoms with Gasteiger partial charge in [-0.25, -0.2) is 17.5 Å². The lowest BCUT2D eigenvalue weighted by atomic mass is 9.76. The van der Waals surface area contributed by atoms with Gasteiger partial charge in [-0.2, -0.15) is 13.2 Å². The molecule has 2 rings (SSSR count). The van der Waals surface area contributed by atoms with Crippen LogP contribution in [0.4, 0.5) is 13.2 Å². The molecule has 0 amide bonds. The van der Waals surface area contributed by atoms with Crippen LogP contribution in [-0.2, 0) is 14.8 Å². The van der Waals surface area contributed by atoms with Gasteiger partial charge in [0.05, 0.1) is 6.26 Å². The van der Waals surface area contributed by atoms with Gasteiger partial charge in [-0.3, -0.25) is 0 Å². The van der Waals surface area contributed by atoms with E-state index in [9.17, 15) is 21.6 Å². The zero-order chi connectivity index (χ0) is 14.2. The number of aliphatic carboxylic acids is 1. The largest absolute Gasteiger partial charge is 0.490 e. The van der Waals surface area contributed by atoms with E-state index in [0.29, 0.717) is 5.41 Å². The van der Waals surface area contributed by atoms with Crippen molar-refractivity contribution in [1.82, 2.24) is 9.62 Å². The second-order valence-corrected chi connectivity index (χ2v) is 6.42. The Morgan fingerprint density at radius 1 is 1.33 bits per heavy atom. The van der Waals surface area contributed by atoms with Crippen LogP contribution < -0.4 is 5.32 Å². The van der Waals surface area contributed by atoms with E-state index in [-0.39, 0.29) is 0 Å². The maximum absolute atomic E-state index is 10.9. The highest BCUT2D eigenvalue weighted by molar-refractivity contribution is 7.88. The maximum atomic E-state index is 10.9. The van der Waals surface area contributed by atoms with Crippen LogP contribution in [0.25, 0.3) is 0 Å². The Bertz CT molecular complexity index is 422. The topological polar surface area (TPSA) is 86.7 Å².